The van der Waals surface area contributed by atoms with Gasteiger partial charge in [0.1, 0.15) is 0 Å². The van der Waals surface area contributed by atoms with Crippen molar-refractivity contribution in [3.8, 4) is 0 Å². The Kier molecular flexibility index (Phi) is 6.32. The number of rotatable bonds is 7. The lowest BCUT2D eigenvalue weighted by molar-refractivity contribution is -0.120. The quantitative estimate of drug-likeness (QED) is 0.823. The first-order valence-electron chi connectivity index (χ1n) is 7.76. The molecule has 4 nitrogen and oxygen atoms in total. The second-order valence-electron chi connectivity index (χ2n) is 5.89. The molecule has 2 N–H and O–H groups in total. The van der Waals surface area contributed by atoms with Crippen LogP contribution in [0.5, 0.6) is 0 Å². The van der Waals surface area contributed by atoms with Crippen molar-refractivity contribution in [2.45, 2.75) is 26.1 Å². The predicted molar refractivity (Wildman–Crippen MR) is 91.7 cm³/mol. The number of hydrogen-bond donors (Lipinski definition) is 2. The highest BCUT2D eigenvalue weighted by molar-refractivity contribution is 5.78. The highest BCUT2D eigenvalue weighted by atomic mass is 16.3. The zero-order valence-electron chi connectivity index (χ0n) is 13.7. The molecule has 1 amide bonds. The summed E-state index contributed by atoms with van der Waals surface area (Å²) in [7, 11) is 4.06. The molecule has 0 aromatic heterocycles. The fourth-order valence-corrected chi connectivity index (χ4v) is 2.54. The molecule has 2 aromatic carbocycles. The second kappa shape index (κ2) is 8.46. The van der Waals surface area contributed by atoms with Gasteiger partial charge in [-0.2, -0.15) is 0 Å². The van der Waals surface area contributed by atoms with Crippen molar-refractivity contribution in [1.82, 2.24) is 10.2 Å². The minimum Gasteiger partial charge on any atom is -0.392 e. The summed E-state index contributed by atoms with van der Waals surface area (Å²) in [6.45, 7) is 1.32. The van der Waals surface area contributed by atoms with Crippen molar-refractivity contribution in [2.24, 2.45) is 0 Å². The molecule has 0 saturated carbocycles. The van der Waals surface area contributed by atoms with Crippen molar-refractivity contribution in [1.29, 1.82) is 0 Å². The molecule has 0 atom stereocenters. The number of amides is 1. The second-order valence-corrected chi connectivity index (χ2v) is 5.89. The number of aliphatic hydroxyl groups excluding tert-OH is 1. The Morgan fingerprint density at radius 2 is 1.52 bits per heavy atom. The lowest BCUT2D eigenvalue weighted by Gasteiger charge is -2.15. The fourth-order valence-electron chi connectivity index (χ4n) is 2.54. The van der Waals surface area contributed by atoms with Crippen LogP contribution in [0.15, 0.2) is 48.5 Å². The summed E-state index contributed by atoms with van der Waals surface area (Å²) in [4.78, 5) is 14.3. The number of nitrogens with one attached hydrogen (secondary N) is 1. The monoisotopic (exact) mass is 312 g/mol. The standard InChI is InChI=1S/C19H24N2O2/c1-21(2)13-17-9-5-4-8-16(17)12-20-19(23)11-15-7-3-6-10-18(15)14-22/h3-10,22H,11-14H2,1-2H3,(H,20,23). The first-order valence-corrected chi connectivity index (χ1v) is 7.76. The largest absolute Gasteiger partial charge is 0.392 e. The number of hydrogen-bond acceptors (Lipinski definition) is 3. The molecule has 0 unspecified atom stereocenters. The van der Waals surface area contributed by atoms with Gasteiger partial charge in [-0.1, -0.05) is 48.5 Å². The Morgan fingerprint density at radius 1 is 0.957 bits per heavy atom. The Hall–Kier alpha value is -2.17. The van der Waals surface area contributed by atoms with E-state index >= 15 is 0 Å². The van der Waals surface area contributed by atoms with E-state index in [0.29, 0.717) is 6.54 Å². The summed E-state index contributed by atoms with van der Waals surface area (Å²) in [5.74, 6) is -0.0365. The van der Waals surface area contributed by atoms with E-state index in [1.54, 1.807) is 0 Å². The summed E-state index contributed by atoms with van der Waals surface area (Å²) >= 11 is 0. The van der Waals surface area contributed by atoms with Crippen LogP contribution in [0.25, 0.3) is 0 Å². The topological polar surface area (TPSA) is 52.6 Å². The smallest absolute Gasteiger partial charge is 0.224 e. The minimum absolute atomic E-state index is 0.0365. The fraction of sp³-hybridized carbons (Fsp3) is 0.316. The molecule has 0 saturated heterocycles. The van der Waals surface area contributed by atoms with Crippen LogP contribution in [0.1, 0.15) is 22.3 Å². The third kappa shape index (κ3) is 5.20. The molecule has 2 rings (SSSR count). The van der Waals surface area contributed by atoms with Gasteiger partial charge in [0.2, 0.25) is 5.91 Å². The van der Waals surface area contributed by atoms with Crippen molar-refractivity contribution in [2.75, 3.05) is 14.1 Å². The summed E-state index contributed by atoms with van der Waals surface area (Å²) in [6.07, 6.45) is 0.284. The van der Waals surface area contributed by atoms with Gasteiger partial charge in [-0.25, -0.2) is 0 Å². The molecule has 23 heavy (non-hydrogen) atoms. The van der Waals surface area contributed by atoms with Crippen molar-refractivity contribution in [3.63, 3.8) is 0 Å². The number of carbonyl (C=O) groups is 1. The van der Waals surface area contributed by atoms with E-state index in [-0.39, 0.29) is 18.9 Å². The Morgan fingerprint density at radius 3 is 2.13 bits per heavy atom. The molecule has 122 valence electrons. The van der Waals surface area contributed by atoms with Gasteiger partial charge in [-0.05, 0) is 36.3 Å². The summed E-state index contributed by atoms with van der Waals surface area (Å²) in [6, 6.07) is 15.6. The van der Waals surface area contributed by atoms with Crippen LogP contribution in [-0.2, 0) is 30.9 Å². The molecule has 0 bridgehead atoms. The van der Waals surface area contributed by atoms with E-state index in [2.05, 4.69) is 16.3 Å². The maximum absolute atomic E-state index is 12.2. The molecule has 0 heterocycles. The Balaban J connectivity index is 1.97. The molecule has 0 aliphatic carbocycles. The molecular formula is C19H24N2O2. The van der Waals surface area contributed by atoms with Crippen LogP contribution >= 0.6 is 0 Å². The molecule has 0 radical (unpaired) electrons. The average Bonchev–Trinajstić information content (AvgIpc) is 2.54. The third-order valence-corrected chi connectivity index (χ3v) is 3.72. The highest BCUT2D eigenvalue weighted by Crippen LogP contribution is 2.12. The summed E-state index contributed by atoms with van der Waals surface area (Å²) in [5, 5.41) is 12.3. The number of carbonyl (C=O) groups excluding carboxylic acids is 1. The van der Waals surface area contributed by atoms with Crippen molar-refractivity contribution < 1.29 is 9.90 Å². The molecule has 0 aliphatic rings. The van der Waals surface area contributed by atoms with E-state index in [9.17, 15) is 9.90 Å². The van der Waals surface area contributed by atoms with E-state index in [1.165, 1.54) is 5.56 Å². The Labute approximate surface area is 137 Å². The van der Waals surface area contributed by atoms with Crippen LogP contribution in [0.2, 0.25) is 0 Å². The van der Waals surface area contributed by atoms with Crippen molar-refractivity contribution >= 4 is 5.91 Å². The molecule has 4 heteroatoms. The summed E-state index contributed by atoms with van der Waals surface area (Å²) in [5.41, 5.74) is 4.02. The first-order chi connectivity index (χ1) is 11.1. The zero-order chi connectivity index (χ0) is 16.7. The molecule has 0 fully saturated rings. The third-order valence-electron chi connectivity index (χ3n) is 3.72. The van der Waals surface area contributed by atoms with Crippen LogP contribution in [0.4, 0.5) is 0 Å². The van der Waals surface area contributed by atoms with Gasteiger partial charge in [0.05, 0.1) is 13.0 Å². The van der Waals surface area contributed by atoms with Gasteiger partial charge in [0.25, 0.3) is 0 Å². The van der Waals surface area contributed by atoms with Crippen LogP contribution < -0.4 is 5.32 Å². The van der Waals surface area contributed by atoms with Crippen molar-refractivity contribution in [3.05, 3.63) is 70.8 Å². The van der Waals surface area contributed by atoms with Gasteiger partial charge in [0.15, 0.2) is 0 Å². The van der Waals surface area contributed by atoms with Crippen LogP contribution in [0, 0.1) is 0 Å². The maximum Gasteiger partial charge on any atom is 0.224 e. The van der Waals surface area contributed by atoms with E-state index in [4.69, 9.17) is 0 Å². The van der Waals surface area contributed by atoms with E-state index < -0.39 is 0 Å². The maximum atomic E-state index is 12.2. The van der Waals surface area contributed by atoms with Gasteiger partial charge < -0.3 is 15.3 Å². The zero-order valence-corrected chi connectivity index (χ0v) is 13.7. The first kappa shape index (κ1) is 17.2. The van der Waals surface area contributed by atoms with Gasteiger partial charge >= 0.3 is 0 Å². The van der Waals surface area contributed by atoms with Gasteiger partial charge in [0, 0.05) is 13.1 Å². The molecule has 0 spiro atoms. The normalized spacial score (nSPS) is 10.8. The molecule has 0 aliphatic heterocycles. The Bertz CT molecular complexity index is 653. The molecular weight excluding hydrogens is 288 g/mol. The predicted octanol–water partition coefficient (Wildman–Crippen LogP) is 2.10. The number of nitrogens with zero attached hydrogens (tertiary/aromatic N) is 1. The minimum atomic E-state index is -0.0465. The van der Waals surface area contributed by atoms with Gasteiger partial charge in [-0.15, -0.1) is 0 Å². The molecule has 2 aromatic rings. The lowest BCUT2D eigenvalue weighted by Crippen LogP contribution is -2.26. The lowest BCUT2D eigenvalue weighted by atomic mass is 10.0. The number of aliphatic hydroxyl groups is 1. The average molecular weight is 312 g/mol. The highest BCUT2D eigenvalue weighted by Gasteiger charge is 2.08. The summed E-state index contributed by atoms with van der Waals surface area (Å²) < 4.78 is 0. The van der Waals surface area contributed by atoms with Gasteiger partial charge in [-0.3, -0.25) is 4.79 Å². The van der Waals surface area contributed by atoms with E-state index in [0.717, 1.165) is 23.2 Å². The SMILES string of the molecule is CN(C)Cc1ccccc1CNC(=O)Cc1ccccc1CO. The number of benzene rings is 2. The van der Waals surface area contributed by atoms with Crippen LogP contribution in [0.3, 0.4) is 0 Å². The van der Waals surface area contributed by atoms with E-state index in [1.807, 2.05) is 56.6 Å². The van der Waals surface area contributed by atoms with Crippen LogP contribution in [-0.4, -0.2) is 30.0 Å².